The molecule has 0 saturated heterocycles. The average molecular weight is 383 g/mol. The van der Waals surface area contributed by atoms with Crippen molar-refractivity contribution >= 4 is 5.69 Å². The van der Waals surface area contributed by atoms with Crippen LogP contribution in [-0.4, -0.2) is 24.5 Å². The number of nitro groups is 1. The van der Waals surface area contributed by atoms with E-state index in [4.69, 9.17) is 0 Å². The van der Waals surface area contributed by atoms with Gasteiger partial charge in [-0.3, -0.25) is 10.1 Å². The summed E-state index contributed by atoms with van der Waals surface area (Å²) >= 11 is 0. The maximum absolute atomic E-state index is 14.7. The van der Waals surface area contributed by atoms with E-state index in [2.05, 4.69) is 10.2 Å². The predicted octanol–water partition coefficient (Wildman–Crippen LogP) is 3.76. The highest BCUT2D eigenvalue weighted by Crippen LogP contribution is 2.34. The molecule has 0 radical (unpaired) electrons. The summed E-state index contributed by atoms with van der Waals surface area (Å²) in [5.74, 6) is -7.50. The lowest BCUT2D eigenvalue weighted by Gasteiger charge is -2.15. The van der Waals surface area contributed by atoms with Crippen molar-refractivity contribution in [3.8, 4) is 11.4 Å². The summed E-state index contributed by atoms with van der Waals surface area (Å²) in [5, 5.41) is 19.0. The molecule has 1 aromatic carbocycles. The molecule has 2 heterocycles. The van der Waals surface area contributed by atoms with E-state index in [9.17, 15) is 27.7 Å². The third-order valence-electron chi connectivity index (χ3n) is 4.09. The van der Waals surface area contributed by atoms with Crippen molar-refractivity contribution < 1.29 is 22.5 Å². The molecule has 11 heteroatoms. The van der Waals surface area contributed by atoms with Crippen molar-refractivity contribution in [1.29, 1.82) is 0 Å². The van der Waals surface area contributed by atoms with Crippen molar-refractivity contribution in [2.75, 3.05) is 0 Å². The molecule has 142 valence electrons. The molecule has 0 fully saturated rings. The highest BCUT2D eigenvalue weighted by atomic mass is 19.2. The third-order valence-corrected chi connectivity index (χ3v) is 4.09. The van der Waals surface area contributed by atoms with Gasteiger partial charge in [-0.15, -0.1) is 0 Å². The van der Waals surface area contributed by atoms with Crippen molar-refractivity contribution in [3.63, 3.8) is 0 Å². The number of rotatable bonds is 3. The van der Waals surface area contributed by atoms with Gasteiger partial charge in [0.25, 0.3) is 0 Å². The number of halogens is 4. The number of nitrogens with zero attached hydrogens (tertiary/aromatic N) is 5. The third kappa shape index (κ3) is 2.66. The molecule has 0 aliphatic rings. The Hall–Kier alpha value is -3.24. The van der Waals surface area contributed by atoms with Crippen molar-refractivity contribution in [2.45, 2.75) is 27.7 Å². The molecule has 0 unspecified atom stereocenters. The van der Waals surface area contributed by atoms with Gasteiger partial charge < -0.3 is 0 Å². The SMILES string of the molecule is Cc1cc(C)n(-c2c(F)c(F)c(F)c(F)c2-n2nc(C)c([N+](=O)[O-])c2C)n1. The summed E-state index contributed by atoms with van der Waals surface area (Å²) < 4.78 is 58.8. The first-order chi connectivity index (χ1) is 12.6. The van der Waals surface area contributed by atoms with Gasteiger partial charge in [0.2, 0.25) is 0 Å². The predicted molar refractivity (Wildman–Crippen MR) is 86.1 cm³/mol. The molecule has 27 heavy (non-hydrogen) atoms. The van der Waals surface area contributed by atoms with E-state index in [1.165, 1.54) is 26.8 Å². The minimum absolute atomic E-state index is 0.0960. The van der Waals surface area contributed by atoms with Crippen LogP contribution in [0.1, 0.15) is 22.8 Å². The zero-order chi connectivity index (χ0) is 20.2. The second-order valence-corrected chi connectivity index (χ2v) is 5.98. The Bertz CT molecular complexity index is 1100. The zero-order valence-corrected chi connectivity index (χ0v) is 14.6. The molecule has 0 N–H and O–H groups in total. The molecule has 7 nitrogen and oxygen atoms in total. The number of hydrogen-bond donors (Lipinski definition) is 0. The Labute approximate surface area is 150 Å². The highest BCUT2D eigenvalue weighted by Gasteiger charge is 2.32. The van der Waals surface area contributed by atoms with Crippen LogP contribution in [0.4, 0.5) is 23.2 Å². The van der Waals surface area contributed by atoms with Gasteiger partial charge in [-0.1, -0.05) is 0 Å². The molecule has 0 spiro atoms. The van der Waals surface area contributed by atoms with Crippen LogP contribution in [0.3, 0.4) is 0 Å². The smallest absolute Gasteiger partial charge is 0.258 e. The molecule has 0 amide bonds. The van der Waals surface area contributed by atoms with Gasteiger partial charge in [-0.25, -0.2) is 26.9 Å². The zero-order valence-electron chi connectivity index (χ0n) is 14.6. The first kappa shape index (κ1) is 18.5. The summed E-state index contributed by atoms with van der Waals surface area (Å²) in [6.07, 6.45) is 0. The van der Waals surface area contributed by atoms with Gasteiger partial charge in [0.15, 0.2) is 23.3 Å². The van der Waals surface area contributed by atoms with Gasteiger partial charge >= 0.3 is 5.69 Å². The first-order valence-electron chi connectivity index (χ1n) is 7.66. The summed E-state index contributed by atoms with van der Waals surface area (Å²) in [4.78, 5) is 10.5. The van der Waals surface area contributed by atoms with Gasteiger partial charge in [0.1, 0.15) is 22.8 Å². The second-order valence-electron chi connectivity index (χ2n) is 5.98. The van der Waals surface area contributed by atoms with E-state index < -0.39 is 45.3 Å². The number of hydrogen-bond acceptors (Lipinski definition) is 4. The molecule has 2 aromatic heterocycles. The van der Waals surface area contributed by atoms with Crippen LogP contribution in [-0.2, 0) is 0 Å². The maximum Gasteiger partial charge on any atom is 0.313 e. The topological polar surface area (TPSA) is 78.8 Å². The molecule has 0 atom stereocenters. The van der Waals surface area contributed by atoms with Gasteiger partial charge in [-0.05, 0) is 33.8 Å². The van der Waals surface area contributed by atoms with Gasteiger partial charge in [-0.2, -0.15) is 10.2 Å². The number of benzene rings is 1. The molecule has 3 aromatic rings. The van der Waals surface area contributed by atoms with Crippen molar-refractivity contribution in [1.82, 2.24) is 19.6 Å². The van der Waals surface area contributed by atoms with E-state index in [0.29, 0.717) is 16.1 Å². The average Bonchev–Trinajstić information content (AvgIpc) is 3.06. The first-order valence-corrected chi connectivity index (χ1v) is 7.66. The molecule has 0 aliphatic carbocycles. The van der Waals surface area contributed by atoms with Crippen LogP contribution in [0.5, 0.6) is 0 Å². The summed E-state index contributed by atoms with van der Waals surface area (Å²) in [5.41, 5.74) is -1.54. The number of aryl methyl sites for hydroxylation is 3. The molecule has 0 bridgehead atoms. The fraction of sp³-hybridized carbons (Fsp3) is 0.250. The second kappa shape index (κ2) is 6.18. The van der Waals surface area contributed by atoms with E-state index >= 15 is 0 Å². The lowest BCUT2D eigenvalue weighted by molar-refractivity contribution is -0.386. The van der Waals surface area contributed by atoms with Gasteiger partial charge in [0, 0.05) is 5.69 Å². The standard InChI is InChI=1S/C16H13F4N5O2/c1-6-5-7(2)23(21-6)15-12(19)10(17)11(18)13(20)16(15)24-9(4)14(25(26)27)8(3)22-24/h5H,1-4H3. The van der Waals surface area contributed by atoms with Crippen LogP contribution in [0.15, 0.2) is 6.07 Å². The minimum Gasteiger partial charge on any atom is -0.258 e. The van der Waals surface area contributed by atoms with Crippen LogP contribution < -0.4 is 0 Å². The monoisotopic (exact) mass is 383 g/mol. The van der Waals surface area contributed by atoms with E-state index in [1.807, 2.05) is 0 Å². The minimum atomic E-state index is -2.05. The van der Waals surface area contributed by atoms with Crippen LogP contribution >= 0.6 is 0 Å². The Balaban J connectivity index is 2.49. The van der Waals surface area contributed by atoms with Gasteiger partial charge in [0.05, 0.1) is 10.6 Å². The highest BCUT2D eigenvalue weighted by molar-refractivity contribution is 5.58. The van der Waals surface area contributed by atoms with E-state index in [-0.39, 0.29) is 11.4 Å². The normalized spacial score (nSPS) is 11.3. The molecule has 0 saturated carbocycles. The quantitative estimate of drug-likeness (QED) is 0.227. The summed E-state index contributed by atoms with van der Waals surface area (Å²) in [6.45, 7) is 5.61. The largest absolute Gasteiger partial charge is 0.313 e. The lowest BCUT2D eigenvalue weighted by atomic mass is 10.2. The molecule has 0 aliphatic heterocycles. The molecular weight excluding hydrogens is 370 g/mol. The Morgan fingerprint density at radius 3 is 1.81 bits per heavy atom. The Morgan fingerprint density at radius 1 is 0.889 bits per heavy atom. The van der Waals surface area contributed by atoms with Crippen LogP contribution in [0, 0.1) is 61.1 Å². The maximum atomic E-state index is 14.7. The van der Waals surface area contributed by atoms with Crippen molar-refractivity contribution in [3.05, 3.63) is 62.2 Å². The number of aromatic nitrogens is 4. The Morgan fingerprint density at radius 2 is 1.41 bits per heavy atom. The molecular formula is C16H13F4N5O2. The Kier molecular flexibility index (Phi) is 4.25. The fourth-order valence-corrected chi connectivity index (χ4v) is 2.97. The fourth-order valence-electron chi connectivity index (χ4n) is 2.97. The van der Waals surface area contributed by atoms with E-state index in [1.54, 1.807) is 6.92 Å². The lowest BCUT2D eigenvalue weighted by Crippen LogP contribution is -2.16. The summed E-state index contributed by atoms with van der Waals surface area (Å²) in [7, 11) is 0. The van der Waals surface area contributed by atoms with Crippen LogP contribution in [0.2, 0.25) is 0 Å². The summed E-state index contributed by atoms with van der Waals surface area (Å²) in [6, 6.07) is 1.52. The van der Waals surface area contributed by atoms with E-state index in [0.717, 1.165) is 4.68 Å². The van der Waals surface area contributed by atoms with Crippen LogP contribution in [0.25, 0.3) is 11.4 Å². The molecule has 3 rings (SSSR count). The van der Waals surface area contributed by atoms with Crippen molar-refractivity contribution in [2.24, 2.45) is 0 Å².